The van der Waals surface area contributed by atoms with Gasteiger partial charge in [0.15, 0.2) is 0 Å². The Balaban J connectivity index is 1.42. The fourth-order valence-corrected chi connectivity index (χ4v) is 9.00. The van der Waals surface area contributed by atoms with E-state index >= 15 is 0 Å². The van der Waals surface area contributed by atoms with Crippen LogP contribution in [0, 0.1) is 0 Å². The molecule has 1 aliphatic heterocycles. The van der Waals surface area contributed by atoms with Crippen molar-refractivity contribution < 1.29 is 9.47 Å². The van der Waals surface area contributed by atoms with Gasteiger partial charge in [-0.05, 0) is 10.6 Å². The van der Waals surface area contributed by atoms with Crippen LogP contribution in [0.4, 0.5) is 0 Å². The molecule has 31 heavy (non-hydrogen) atoms. The molecule has 1 fully saturated rings. The minimum atomic E-state index is -1.47. The van der Waals surface area contributed by atoms with Crippen molar-refractivity contribution in [2.75, 3.05) is 24.7 Å². The van der Waals surface area contributed by atoms with E-state index in [4.69, 9.17) is 9.47 Å². The average molecular weight is 449 g/mol. The molecular formula is C27H32O2SSi. The molecule has 4 heteroatoms. The molecule has 2 nitrogen and oxygen atoms in total. The number of hydrogen-bond acceptors (Lipinski definition) is 3. The van der Waals surface area contributed by atoms with Crippen LogP contribution in [0.15, 0.2) is 91.0 Å². The summed E-state index contributed by atoms with van der Waals surface area (Å²) in [4.78, 5) is 0. The number of rotatable bonds is 10. The first-order chi connectivity index (χ1) is 15.1. The van der Waals surface area contributed by atoms with Crippen molar-refractivity contribution in [1.82, 2.24) is 0 Å². The average Bonchev–Trinajstić information content (AvgIpc) is 2.77. The lowest BCUT2D eigenvalue weighted by Gasteiger charge is -2.42. The third-order valence-corrected chi connectivity index (χ3v) is 11.3. The molecule has 1 saturated heterocycles. The van der Waals surface area contributed by atoms with Crippen molar-refractivity contribution in [2.24, 2.45) is 0 Å². The minimum absolute atomic E-state index is 0.0835. The lowest BCUT2D eigenvalue weighted by Crippen LogP contribution is -2.53. The second-order valence-corrected chi connectivity index (χ2v) is 13.9. The lowest BCUT2D eigenvalue weighted by atomic mass is 10.1. The molecule has 0 bridgehead atoms. The Labute approximate surface area is 192 Å². The van der Waals surface area contributed by atoms with Crippen LogP contribution < -0.4 is 10.4 Å². The molecule has 3 aromatic carbocycles. The summed E-state index contributed by atoms with van der Waals surface area (Å²) in [5.74, 6) is 2.02. The quantitative estimate of drug-likeness (QED) is 0.425. The van der Waals surface area contributed by atoms with Gasteiger partial charge in [-0.25, -0.2) is 0 Å². The van der Waals surface area contributed by atoms with Gasteiger partial charge in [-0.3, -0.25) is 0 Å². The van der Waals surface area contributed by atoms with Crippen LogP contribution >= 0.6 is 11.8 Å². The van der Waals surface area contributed by atoms with Gasteiger partial charge in [0.05, 0.1) is 13.2 Å². The van der Waals surface area contributed by atoms with Crippen LogP contribution in [0.25, 0.3) is 0 Å². The molecule has 0 atom stereocenters. The van der Waals surface area contributed by atoms with Gasteiger partial charge < -0.3 is 9.47 Å². The largest absolute Gasteiger partial charge is 0.378 e. The van der Waals surface area contributed by atoms with Crippen molar-refractivity contribution in [3.8, 4) is 0 Å². The van der Waals surface area contributed by atoms with Gasteiger partial charge in [-0.1, -0.05) is 115 Å². The van der Waals surface area contributed by atoms with Crippen molar-refractivity contribution in [1.29, 1.82) is 0 Å². The highest BCUT2D eigenvalue weighted by molar-refractivity contribution is 8.00. The fourth-order valence-electron chi connectivity index (χ4n) is 4.32. The summed E-state index contributed by atoms with van der Waals surface area (Å²) in [5.41, 5.74) is 1.08. The van der Waals surface area contributed by atoms with Gasteiger partial charge in [0.2, 0.25) is 0 Å². The Morgan fingerprint density at radius 2 is 1.32 bits per heavy atom. The third-order valence-electron chi connectivity index (χ3n) is 6.00. The molecule has 0 spiro atoms. The summed E-state index contributed by atoms with van der Waals surface area (Å²) in [6.45, 7) is 6.81. The first kappa shape index (κ1) is 22.3. The van der Waals surface area contributed by atoms with E-state index in [1.807, 2.05) is 17.8 Å². The van der Waals surface area contributed by atoms with Gasteiger partial charge >= 0.3 is 0 Å². The zero-order valence-corrected chi connectivity index (χ0v) is 20.5. The Hall–Kier alpha value is -1.85. The van der Waals surface area contributed by atoms with Gasteiger partial charge in [0.1, 0.15) is 14.4 Å². The molecule has 0 amide bonds. The number of thioether (sulfide) groups is 1. The summed E-state index contributed by atoms with van der Waals surface area (Å²) >= 11 is 1.94. The molecule has 0 unspecified atom stereocenters. The summed E-state index contributed by atoms with van der Waals surface area (Å²) < 4.78 is 12.8. The van der Waals surface area contributed by atoms with Gasteiger partial charge in [0, 0.05) is 18.1 Å². The second kappa shape index (κ2) is 10.2. The predicted molar refractivity (Wildman–Crippen MR) is 135 cm³/mol. The minimum Gasteiger partial charge on any atom is -0.378 e. The Kier molecular flexibility index (Phi) is 7.34. The number of hydrogen-bond donors (Lipinski definition) is 0. The van der Waals surface area contributed by atoms with E-state index in [-0.39, 0.29) is 10.6 Å². The normalized spacial score (nSPS) is 15.6. The summed E-state index contributed by atoms with van der Waals surface area (Å²) in [5, 5.41) is 3.02. The maximum atomic E-state index is 6.41. The van der Waals surface area contributed by atoms with Crippen LogP contribution in [0.5, 0.6) is 0 Å². The van der Waals surface area contributed by atoms with E-state index in [9.17, 15) is 0 Å². The van der Waals surface area contributed by atoms with E-state index in [1.54, 1.807) is 0 Å². The maximum Gasteiger partial charge on any atom is 0.110 e. The molecule has 4 rings (SSSR count). The monoisotopic (exact) mass is 448 g/mol. The molecule has 0 radical (unpaired) electrons. The Morgan fingerprint density at radius 1 is 0.806 bits per heavy atom. The fraction of sp³-hybridized carbons (Fsp3) is 0.333. The van der Waals surface area contributed by atoms with Gasteiger partial charge in [-0.2, -0.15) is 11.8 Å². The molecule has 1 heterocycles. The Bertz CT molecular complexity index is 888. The van der Waals surface area contributed by atoms with Crippen LogP contribution in [0.1, 0.15) is 19.4 Å². The number of benzene rings is 3. The first-order valence-electron chi connectivity index (χ1n) is 11.0. The molecule has 0 aliphatic carbocycles. The van der Waals surface area contributed by atoms with Crippen LogP contribution in [0.3, 0.4) is 0 Å². The van der Waals surface area contributed by atoms with Crippen molar-refractivity contribution >= 4 is 30.9 Å². The smallest absolute Gasteiger partial charge is 0.110 e. The highest BCUT2D eigenvalue weighted by Gasteiger charge is 2.41. The van der Waals surface area contributed by atoms with E-state index in [0.29, 0.717) is 13.2 Å². The zero-order chi connectivity index (χ0) is 21.6. The molecule has 3 aromatic rings. The topological polar surface area (TPSA) is 18.5 Å². The highest BCUT2D eigenvalue weighted by Crippen LogP contribution is 2.36. The van der Waals surface area contributed by atoms with Crippen molar-refractivity contribution in [3.05, 3.63) is 96.6 Å². The van der Waals surface area contributed by atoms with Gasteiger partial charge in [0.25, 0.3) is 0 Å². The second-order valence-electron chi connectivity index (χ2n) is 9.19. The SMILES string of the molecule is CC(C)(COCC1(OCc2ccccc2)CSC1)[SiH](c1ccccc1)c1ccccc1. The maximum absolute atomic E-state index is 6.41. The molecule has 0 saturated carbocycles. The molecular weight excluding hydrogens is 416 g/mol. The van der Waals surface area contributed by atoms with Crippen molar-refractivity contribution in [3.63, 3.8) is 0 Å². The summed E-state index contributed by atoms with van der Waals surface area (Å²) in [7, 11) is -1.47. The number of ether oxygens (including phenoxy) is 2. The van der Waals surface area contributed by atoms with Crippen LogP contribution in [-0.4, -0.2) is 39.1 Å². The molecule has 0 N–H and O–H groups in total. The standard InChI is InChI=1S/C27H32O2SSi/c1-26(2,31(24-14-8-4-9-15-24)25-16-10-5-11-17-25)19-28-20-27(21-30-22-27)29-18-23-12-6-3-7-13-23/h3-17,31H,18-22H2,1-2H3. The molecule has 1 aliphatic rings. The van der Waals surface area contributed by atoms with E-state index in [0.717, 1.165) is 18.1 Å². The highest BCUT2D eigenvalue weighted by atomic mass is 32.2. The molecule has 0 aromatic heterocycles. The Morgan fingerprint density at radius 3 is 1.81 bits per heavy atom. The molecule has 162 valence electrons. The van der Waals surface area contributed by atoms with Crippen LogP contribution in [0.2, 0.25) is 5.04 Å². The van der Waals surface area contributed by atoms with Crippen molar-refractivity contribution in [2.45, 2.75) is 31.1 Å². The van der Waals surface area contributed by atoms with E-state index < -0.39 is 8.80 Å². The van der Waals surface area contributed by atoms with Crippen LogP contribution in [-0.2, 0) is 16.1 Å². The van der Waals surface area contributed by atoms with E-state index in [2.05, 4.69) is 98.8 Å². The van der Waals surface area contributed by atoms with E-state index in [1.165, 1.54) is 15.9 Å². The lowest BCUT2D eigenvalue weighted by molar-refractivity contribution is -0.0866. The summed E-state index contributed by atoms with van der Waals surface area (Å²) in [6, 6.07) is 32.4. The third kappa shape index (κ3) is 5.69. The first-order valence-corrected chi connectivity index (χ1v) is 13.9. The zero-order valence-electron chi connectivity index (χ0n) is 18.5. The predicted octanol–water partition coefficient (Wildman–Crippen LogP) is 4.53. The van der Waals surface area contributed by atoms with Gasteiger partial charge in [-0.15, -0.1) is 0 Å². The summed E-state index contributed by atoms with van der Waals surface area (Å²) in [6.07, 6.45) is 0.